The third-order valence-electron chi connectivity index (χ3n) is 3.04. The molecule has 0 heterocycles. The maximum atomic E-state index is 11.6. The number of aliphatic carboxylic acids is 1. The first-order valence-electron chi connectivity index (χ1n) is 5.96. The highest BCUT2D eigenvalue weighted by atomic mass is 32.2. The third kappa shape index (κ3) is 3.24. The maximum absolute atomic E-state index is 11.6. The monoisotopic (exact) mass is 284 g/mol. The number of hydrogen-bond acceptors (Lipinski definition) is 4. The molecule has 0 aromatic heterocycles. The number of carboxylic acid groups (broad SMARTS) is 1. The van der Waals surface area contributed by atoms with E-state index in [2.05, 4.69) is 4.72 Å². The number of rotatable bonds is 6. The number of carbonyl (C=O) groups is 1. The quantitative estimate of drug-likeness (QED) is 0.801. The molecule has 0 amide bonds. The van der Waals surface area contributed by atoms with Crippen molar-refractivity contribution >= 4 is 21.7 Å². The van der Waals surface area contributed by atoms with Crippen molar-refractivity contribution in [2.24, 2.45) is 0 Å². The first kappa shape index (κ1) is 13.8. The van der Waals surface area contributed by atoms with Crippen LogP contribution in [0.25, 0.3) is 0 Å². The highest BCUT2D eigenvalue weighted by Crippen LogP contribution is 2.31. The van der Waals surface area contributed by atoms with Gasteiger partial charge in [-0.2, -0.15) is 0 Å². The van der Waals surface area contributed by atoms with Gasteiger partial charge in [0, 0.05) is 11.7 Å². The molecule has 7 heteroatoms. The molecular formula is C12H16N2O4S. The number of nitrogens with zero attached hydrogens (tertiary/aromatic N) is 1. The van der Waals surface area contributed by atoms with Crippen molar-refractivity contribution in [1.82, 2.24) is 4.72 Å². The van der Waals surface area contributed by atoms with Crippen LogP contribution in [0.1, 0.15) is 12.8 Å². The predicted octanol–water partition coefficient (Wildman–Crippen LogP) is 0.648. The minimum absolute atomic E-state index is 0.0667. The summed E-state index contributed by atoms with van der Waals surface area (Å²) in [5.74, 6) is -0.890. The Morgan fingerprint density at radius 1 is 1.37 bits per heavy atom. The van der Waals surface area contributed by atoms with E-state index in [4.69, 9.17) is 5.11 Å². The fourth-order valence-electron chi connectivity index (χ4n) is 1.90. The number of hydrogen-bond donors (Lipinski definition) is 2. The second-order valence-corrected chi connectivity index (χ2v) is 6.34. The lowest BCUT2D eigenvalue weighted by Crippen LogP contribution is -2.31. The minimum Gasteiger partial charge on any atom is -0.480 e. The highest BCUT2D eigenvalue weighted by molar-refractivity contribution is 7.89. The van der Waals surface area contributed by atoms with Crippen LogP contribution in [0.15, 0.2) is 29.2 Å². The Morgan fingerprint density at radius 2 is 1.95 bits per heavy atom. The Bertz CT molecular complexity index is 564. The fourth-order valence-corrected chi connectivity index (χ4v) is 2.63. The van der Waals surface area contributed by atoms with Crippen LogP contribution in [0, 0.1) is 0 Å². The van der Waals surface area contributed by atoms with Crippen LogP contribution >= 0.6 is 0 Å². The summed E-state index contributed by atoms with van der Waals surface area (Å²) in [6.07, 6.45) is 1.95. The van der Waals surface area contributed by atoms with E-state index < -0.39 is 16.0 Å². The third-order valence-corrected chi connectivity index (χ3v) is 4.47. The smallest absolute Gasteiger partial charge is 0.323 e. The Morgan fingerprint density at radius 3 is 2.37 bits per heavy atom. The van der Waals surface area contributed by atoms with Crippen LogP contribution in [0.5, 0.6) is 0 Å². The molecule has 0 bridgehead atoms. The molecule has 0 radical (unpaired) electrons. The lowest BCUT2D eigenvalue weighted by Gasteiger charge is -2.22. The van der Waals surface area contributed by atoms with Gasteiger partial charge in [0.1, 0.15) is 6.54 Å². The van der Waals surface area contributed by atoms with Crippen molar-refractivity contribution in [3.05, 3.63) is 24.3 Å². The van der Waals surface area contributed by atoms with E-state index in [9.17, 15) is 13.2 Å². The largest absolute Gasteiger partial charge is 0.480 e. The second kappa shape index (κ2) is 5.18. The zero-order valence-electron chi connectivity index (χ0n) is 10.5. The molecular weight excluding hydrogens is 268 g/mol. The van der Waals surface area contributed by atoms with Crippen molar-refractivity contribution in [1.29, 1.82) is 0 Å². The van der Waals surface area contributed by atoms with Crippen LogP contribution in [-0.2, 0) is 14.8 Å². The summed E-state index contributed by atoms with van der Waals surface area (Å²) in [4.78, 5) is 12.8. The minimum atomic E-state index is -3.45. The normalized spacial score (nSPS) is 15.2. The van der Waals surface area contributed by atoms with Crippen LogP contribution in [0.4, 0.5) is 5.69 Å². The Kier molecular flexibility index (Phi) is 3.77. The lowest BCUT2D eigenvalue weighted by molar-refractivity contribution is -0.135. The van der Waals surface area contributed by atoms with Gasteiger partial charge in [0.25, 0.3) is 0 Å². The summed E-state index contributed by atoms with van der Waals surface area (Å²) in [5, 5.41) is 8.90. The van der Waals surface area contributed by atoms with E-state index in [1.54, 1.807) is 17.0 Å². The van der Waals surface area contributed by atoms with E-state index in [0.717, 1.165) is 18.5 Å². The van der Waals surface area contributed by atoms with E-state index in [-0.39, 0.29) is 17.5 Å². The standard InChI is InChI=1S/C12H16N2O4S/c1-13-19(17,18)11-6-4-10(5-7-11)14(8-12(15)16)9-2-3-9/h4-7,9,13H,2-3,8H2,1H3,(H,15,16). The van der Waals surface area contributed by atoms with E-state index >= 15 is 0 Å². The van der Waals surface area contributed by atoms with Gasteiger partial charge in [-0.25, -0.2) is 13.1 Å². The van der Waals surface area contributed by atoms with Gasteiger partial charge in [0.15, 0.2) is 0 Å². The molecule has 2 rings (SSSR count). The van der Waals surface area contributed by atoms with Crippen molar-refractivity contribution in [3.8, 4) is 0 Å². The molecule has 0 unspecified atom stereocenters. The van der Waals surface area contributed by atoms with Gasteiger partial charge in [-0.1, -0.05) is 0 Å². The average Bonchev–Trinajstić information content (AvgIpc) is 3.20. The molecule has 104 valence electrons. The number of nitrogens with one attached hydrogen (secondary N) is 1. The Labute approximate surface area is 112 Å². The number of anilines is 1. The molecule has 1 aromatic carbocycles. The van der Waals surface area contributed by atoms with E-state index in [1.807, 2.05) is 0 Å². The van der Waals surface area contributed by atoms with Crippen molar-refractivity contribution in [2.75, 3.05) is 18.5 Å². The van der Waals surface area contributed by atoms with Gasteiger partial charge in [-0.05, 0) is 44.2 Å². The zero-order chi connectivity index (χ0) is 14.0. The number of benzene rings is 1. The zero-order valence-corrected chi connectivity index (χ0v) is 11.4. The van der Waals surface area contributed by atoms with E-state index in [1.165, 1.54) is 19.2 Å². The van der Waals surface area contributed by atoms with Gasteiger partial charge < -0.3 is 10.0 Å². The molecule has 1 aliphatic carbocycles. The van der Waals surface area contributed by atoms with E-state index in [0.29, 0.717) is 0 Å². The summed E-state index contributed by atoms with van der Waals surface area (Å²) in [6.45, 7) is -0.0667. The molecule has 1 aromatic rings. The second-order valence-electron chi connectivity index (χ2n) is 4.45. The van der Waals surface area contributed by atoms with Gasteiger partial charge in [0.05, 0.1) is 4.90 Å². The molecule has 1 aliphatic rings. The topological polar surface area (TPSA) is 86.7 Å². The van der Waals surface area contributed by atoms with Gasteiger partial charge >= 0.3 is 5.97 Å². The number of carboxylic acids is 1. The van der Waals surface area contributed by atoms with Crippen LogP contribution in [0.2, 0.25) is 0 Å². The summed E-state index contributed by atoms with van der Waals surface area (Å²) < 4.78 is 25.4. The highest BCUT2D eigenvalue weighted by Gasteiger charge is 2.30. The van der Waals surface area contributed by atoms with Gasteiger partial charge in [-0.15, -0.1) is 0 Å². The lowest BCUT2D eigenvalue weighted by atomic mass is 10.3. The predicted molar refractivity (Wildman–Crippen MR) is 70.7 cm³/mol. The Balaban J connectivity index is 2.23. The number of sulfonamides is 1. The summed E-state index contributed by atoms with van der Waals surface area (Å²) in [5.41, 5.74) is 0.736. The van der Waals surface area contributed by atoms with Crippen molar-refractivity contribution in [2.45, 2.75) is 23.8 Å². The van der Waals surface area contributed by atoms with Crippen LogP contribution in [0.3, 0.4) is 0 Å². The Hall–Kier alpha value is -1.60. The van der Waals surface area contributed by atoms with Gasteiger partial charge in [0.2, 0.25) is 10.0 Å². The van der Waals surface area contributed by atoms with Crippen LogP contribution in [-0.4, -0.2) is 39.1 Å². The first-order chi connectivity index (χ1) is 8.94. The molecule has 6 nitrogen and oxygen atoms in total. The fraction of sp³-hybridized carbons (Fsp3) is 0.417. The molecule has 19 heavy (non-hydrogen) atoms. The summed E-state index contributed by atoms with van der Waals surface area (Å²) in [7, 11) is -2.10. The van der Waals surface area contributed by atoms with Crippen molar-refractivity contribution in [3.63, 3.8) is 0 Å². The molecule has 0 aliphatic heterocycles. The summed E-state index contributed by atoms with van der Waals surface area (Å²) in [6, 6.07) is 6.51. The molecule has 0 saturated heterocycles. The average molecular weight is 284 g/mol. The van der Waals surface area contributed by atoms with Crippen molar-refractivity contribution < 1.29 is 18.3 Å². The van der Waals surface area contributed by atoms with Crippen LogP contribution < -0.4 is 9.62 Å². The molecule has 0 spiro atoms. The molecule has 1 saturated carbocycles. The first-order valence-corrected chi connectivity index (χ1v) is 7.44. The molecule has 1 fully saturated rings. The van der Waals surface area contributed by atoms with Gasteiger partial charge in [-0.3, -0.25) is 4.79 Å². The molecule has 2 N–H and O–H groups in total. The maximum Gasteiger partial charge on any atom is 0.323 e. The molecule has 0 atom stereocenters. The summed E-state index contributed by atoms with van der Waals surface area (Å²) >= 11 is 0. The SMILES string of the molecule is CNS(=O)(=O)c1ccc(N(CC(=O)O)C2CC2)cc1.